The molecular formula is C17H16N2O3S. The van der Waals surface area contributed by atoms with E-state index >= 15 is 0 Å². The molecule has 5 nitrogen and oxygen atoms in total. The maximum atomic E-state index is 12.5. The quantitative estimate of drug-likeness (QED) is 0.691. The summed E-state index contributed by atoms with van der Waals surface area (Å²) in [6.45, 7) is 3.22. The lowest BCUT2D eigenvalue weighted by atomic mass is 10.0. The molecule has 0 saturated heterocycles. The van der Waals surface area contributed by atoms with Crippen molar-refractivity contribution >= 4 is 26.8 Å². The lowest BCUT2D eigenvalue weighted by Gasteiger charge is -2.10. The summed E-state index contributed by atoms with van der Waals surface area (Å²) in [7, 11) is -3.52. The molecular weight excluding hydrogens is 312 g/mol. The molecule has 0 radical (unpaired) electrons. The van der Waals surface area contributed by atoms with Crippen molar-refractivity contribution in [2.45, 2.75) is 19.1 Å². The second kappa shape index (κ2) is 5.62. The summed E-state index contributed by atoms with van der Waals surface area (Å²) in [5.74, 6) is -0.151. The van der Waals surface area contributed by atoms with E-state index in [4.69, 9.17) is 0 Å². The van der Waals surface area contributed by atoms with E-state index in [-0.39, 0.29) is 5.78 Å². The predicted molar refractivity (Wildman–Crippen MR) is 89.1 cm³/mol. The Kier molecular flexibility index (Phi) is 3.77. The molecule has 0 amide bonds. The number of hydrogen-bond acceptors (Lipinski definition) is 4. The summed E-state index contributed by atoms with van der Waals surface area (Å²) in [6.07, 6.45) is 1.29. The van der Waals surface area contributed by atoms with Crippen LogP contribution in [0, 0.1) is 0 Å². The van der Waals surface area contributed by atoms with E-state index in [0.717, 1.165) is 3.97 Å². The fourth-order valence-corrected chi connectivity index (χ4v) is 3.37. The third kappa shape index (κ3) is 2.66. The summed E-state index contributed by atoms with van der Waals surface area (Å²) < 4.78 is 25.9. The summed E-state index contributed by atoms with van der Waals surface area (Å²) in [6, 6.07) is 13.8. The SMILES string of the molecule is CC(C)S(=O)(=O)n1cnc2ccc(C(=O)c3ccccc3)cc21. The Morgan fingerprint density at radius 3 is 2.39 bits per heavy atom. The van der Waals surface area contributed by atoms with Crippen molar-refractivity contribution < 1.29 is 13.2 Å². The molecule has 1 aromatic heterocycles. The molecule has 23 heavy (non-hydrogen) atoms. The average molecular weight is 328 g/mol. The van der Waals surface area contributed by atoms with Gasteiger partial charge in [0, 0.05) is 11.1 Å². The minimum Gasteiger partial charge on any atom is -0.289 e. The molecule has 1 heterocycles. The molecule has 0 saturated carbocycles. The van der Waals surface area contributed by atoms with Crippen molar-refractivity contribution in [3.05, 3.63) is 66.0 Å². The number of hydrogen-bond donors (Lipinski definition) is 0. The van der Waals surface area contributed by atoms with Crippen molar-refractivity contribution in [1.29, 1.82) is 0 Å². The van der Waals surface area contributed by atoms with Gasteiger partial charge in [0.2, 0.25) is 10.0 Å². The van der Waals surface area contributed by atoms with Gasteiger partial charge >= 0.3 is 0 Å². The zero-order valence-electron chi connectivity index (χ0n) is 12.8. The molecule has 118 valence electrons. The van der Waals surface area contributed by atoms with Crippen LogP contribution in [0.25, 0.3) is 11.0 Å². The van der Waals surface area contributed by atoms with Gasteiger partial charge in [0.1, 0.15) is 6.33 Å². The number of rotatable bonds is 4. The van der Waals surface area contributed by atoms with Crippen LogP contribution in [0.15, 0.2) is 54.9 Å². The first-order chi connectivity index (χ1) is 10.9. The van der Waals surface area contributed by atoms with Crippen LogP contribution in [0.5, 0.6) is 0 Å². The van der Waals surface area contributed by atoms with Crippen LogP contribution in [0.2, 0.25) is 0 Å². The maximum absolute atomic E-state index is 12.5. The van der Waals surface area contributed by atoms with Crippen molar-refractivity contribution in [3.63, 3.8) is 0 Å². The molecule has 0 N–H and O–H groups in total. The smallest absolute Gasteiger partial charge is 0.242 e. The number of aromatic nitrogens is 2. The number of fused-ring (bicyclic) bond motifs is 1. The van der Waals surface area contributed by atoms with Crippen molar-refractivity contribution in [1.82, 2.24) is 8.96 Å². The highest BCUT2D eigenvalue weighted by Crippen LogP contribution is 2.20. The Labute approximate surface area is 134 Å². The Morgan fingerprint density at radius 1 is 1.04 bits per heavy atom. The van der Waals surface area contributed by atoms with Gasteiger partial charge in [0.25, 0.3) is 0 Å². The zero-order valence-corrected chi connectivity index (χ0v) is 13.6. The number of benzene rings is 2. The van der Waals surface area contributed by atoms with Gasteiger partial charge in [0.05, 0.1) is 16.3 Å². The highest BCUT2D eigenvalue weighted by Gasteiger charge is 2.21. The summed E-state index contributed by atoms with van der Waals surface area (Å²) in [5.41, 5.74) is 1.95. The zero-order chi connectivity index (χ0) is 16.6. The van der Waals surface area contributed by atoms with Crippen LogP contribution >= 0.6 is 0 Å². The van der Waals surface area contributed by atoms with Gasteiger partial charge in [-0.3, -0.25) is 4.79 Å². The van der Waals surface area contributed by atoms with Crippen molar-refractivity contribution in [3.8, 4) is 0 Å². The van der Waals surface area contributed by atoms with Crippen LogP contribution in [-0.2, 0) is 10.0 Å². The highest BCUT2D eigenvalue weighted by atomic mass is 32.2. The molecule has 3 rings (SSSR count). The number of carbonyl (C=O) groups excluding carboxylic acids is 1. The molecule has 0 unspecified atom stereocenters. The second-order valence-electron chi connectivity index (χ2n) is 5.53. The van der Waals surface area contributed by atoms with Gasteiger partial charge in [0.15, 0.2) is 5.78 Å². The van der Waals surface area contributed by atoms with Crippen molar-refractivity contribution in [2.24, 2.45) is 0 Å². The van der Waals surface area contributed by atoms with Crippen LogP contribution in [0.3, 0.4) is 0 Å². The van der Waals surface area contributed by atoms with Gasteiger partial charge < -0.3 is 0 Å². The van der Waals surface area contributed by atoms with Crippen LogP contribution in [0.4, 0.5) is 0 Å². The van der Waals surface area contributed by atoms with Crippen LogP contribution in [0.1, 0.15) is 29.8 Å². The number of imidazole rings is 1. The fraction of sp³-hybridized carbons (Fsp3) is 0.176. The molecule has 0 fully saturated rings. The molecule has 2 aromatic carbocycles. The van der Waals surface area contributed by atoms with Gasteiger partial charge in [-0.05, 0) is 32.0 Å². The van der Waals surface area contributed by atoms with E-state index in [9.17, 15) is 13.2 Å². The van der Waals surface area contributed by atoms with Gasteiger partial charge in [-0.15, -0.1) is 0 Å². The van der Waals surface area contributed by atoms with E-state index in [1.54, 1.807) is 56.3 Å². The van der Waals surface area contributed by atoms with Crippen LogP contribution in [-0.4, -0.2) is 28.4 Å². The third-order valence-electron chi connectivity index (χ3n) is 3.68. The first kappa shape index (κ1) is 15.4. The van der Waals surface area contributed by atoms with E-state index in [1.165, 1.54) is 6.33 Å². The summed E-state index contributed by atoms with van der Waals surface area (Å²) in [5, 5.41) is -0.576. The first-order valence-corrected chi connectivity index (χ1v) is 8.73. The molecule has 0 aliphatic heterocycles. The van der Waals surface area contributed by atoms with E-state index < -0.39 is 15.3 Å². The van der Waals surface area contributed by atoms with Crippen LogP contribution < -0.4 is 0 Å². The molecule has 0 aliphatic rings. The fourth-order valence-electron chi connectivity index (χ4n) is 2.31. The topological polar surface area (TPSA) is 69.0 Å². The maximum Gasteiger partial charge on any atom is 0.242 e. The predicted octanol–water partition coefficient (Wildman–Crippen LogP) is 2.85. The molecule has 6 heteroatoms. The molecule has 0 aliphatic carbocycles. The van der Waals surface area contributed by atoms with E-state index in [2.05, 4.69) is 4.98 Å². The molecule has 0 bridgehead atoms. The first-order valence-electron chi connectivity index (χ1n) is 7.22. The standard InChI is InChI=1S/C17H16N2O3S/c1-12(2)23(21,22)19-11-18-15-9-8-14(10-16(15)19)17(20)13-6-4-3-5-7-13/h3-12H,1-2H3. The van der Waals surface area contributed by atoms with Crippen molar-refractivity contribution in [2.75, 3.05) is 0 Å². The molecule has 3 aromatic rings. The van der Waals surface area contributed by atoms with Gasteiger partial charge in [-0.1, -0.05) is 30.3 Å². The molecule has 0 atom stereocenters. The number of nitrogens with zero attached hydrogens (tertiary/aromatic N) is 2. The minimum absolute atomic E-state index is 0.151. The Morgan fingerprint density at radius 2 is 1.74 bits per heavy atom. The Hall–Kier alpha value is -2.47. The normalized spacial score (nSPS) is 12.0. The monoisotopic (exact) mass is 328 g/mol. The van der Waals surface area contributed by atoms with Gasteiger partial charge in [-0.2, -0.15) is 0 Å². The summed E-state index contributed by atoms with van der Waals surface area (Å²) >= 11 is 0. The number of ketones is 1. The largest absolute Gasteiger partial charge is 0.289 e. The lowest BCUT2D eigenvalue weighted by molar-refractivity contribution is 0.103. The highest BCUT2D eigenvalue weighted by molar-refractivity contribution is 7.90. The lowest BCUT2D eigenvalue weighted by Crippen LogP contribution is -2.21. The van der Waals surface area contributed by atoms with E-state index in [1.807, 2.05) is 6.07 Å². The second-order valence-corrected chi connectivity index (χ2v) is 7.90. The van der Waals surface area contributed by atoms with E-state index in [0.29, 0.717) is 22.2 Å². The average Bonchev–Trinajstić information content (AvgIpc) is 2.98. The molecule has 0 spiro atoms. The summed E-state index contributed by atoms with van der Waals surface area (Å²) in [4.78, 5) is 16.6. The Balaban J connectivity index is 2.14. The Bertz CT molecular complexity index is 974. The number of carbonyl (C=O) groups is 1. The minimum atomic E-state index is -3.52. The third-order valence-corrected chi connectivity index (χ3v) is 5.71. The van der Waals surface area contributed by atoms with Gasteiger partial charge in [-0.25, -0.2) is 17.4 Å².